The predicted molar refractivity (Wildman–Crippen MR) is 144 cm³/mol. The number of piperazine rings is 1. The molecule has 1 aliphatic rings. The summed E-state index contributed by atoms with van der Waals surface area (Å²) in [7, 11) is 0. The lowest BCUT2D eigenvalue weighted by molar-refractivity contribution is -0.192. The molecule has 2 aromatic carbocycles. The average molecular weight is 566 g/mol. The third-order valence-electron chi connectivity index (χ3n) is 5.77. The van der Waals surface area contributed by atoms with Crippen LogP contribution in [0, 0.1) is 6.92 Å². The number of nitrogens with one attached hydrogen (secondary N) is 2. The number of amides is 1. The maximum absolute atomic E-state index is 12.0. The number of aliphatic imine (C=N–C) groups is 1. The number of carboxylic acid groups (broad SMARTS) is 2. The molecule has 0 aliphatic carbocycles. The lowest BCUT2D eigenvalue weighted by Gasteiger charge is -2.36. The summed E-state index contributed by atoms with van der Waals surface area (Å²) >= 11 is 0. The number of aromatic carboxylic acids is 1. The summed E-state index contributed by atoms with van der Waals surface area (Å²) in [5.41, 5.74) is 3.35. The van der Waals surface area contributed by atoms with Gasteiger partial charge in [-0.05, 0) is 43.2 Å². The van der Waals surface area contributed by atoms with Crippen molar-refractivity contribution in [1.82, 2.24) is 15.1 Å². The van der Waals surface area contributed by atoms with Gasteiger partial charge in [0.1, 0.15) is 0 Å². The Kier molecular flexibility index (Phi) is 12.4. The van der Waals surface area contributed by atoms with Crippen LogP contribution in [0.5, 0.6) is 0 Å². The van der Waals surface area contributed by atoms with Crippen LogP contribution in [0.1, 0.15) is 34.8 Å². The molecule has 1 heterocycles. The molecule has 10 nitrogen and oxygen atoms in total. The van der Waals surface area contributed by atoms with E-state index in [0.29, 0.717) is 19.6 Å². The number of rotatable bonds is 8. The zero-order chi connectivity index (χ0) is 29.7. The van der Waals surface area contributed by atoms with E-state index in [1.54, 1.807) is 24.3 Å². The van der Waals surface area contributed by atoms with Gasteiger partial charge in [0.15, 0.2) is 5.96 Å². The molecule has 0 atom stereocenters. The van der Waals surface area contributed by atoms with E-state index in [0.717, 1.165) is 49.8 Å². The quantitative estimate of drug-likeness (QED) is 0.283. The van der Waals surface area contributed by atoms with Crippen molar-refractivity contribution in [3.05, 3.63) is 65.2 Å². The highest BCUT2D eigenvalue weighted by Gasteiger charge is 2.38. The molecule has 1 aliphatic heterocycles. The van der Waals surface area contributed by atoms with Crippen molar-refractivity contribution in [2.45, 2.75) is 33.0 Å². The Morgan fingerprint density at radius 2 is 1.52 bits per heavy atom. The molecule has 0 saturated carbocycles. The minimum Gasteiger partial charge on any atom is -0.478 e. The molecule has 40 heavy (non-hydrogen) atoms. The van der Waals surface area contributed by atoms with Crippen LogP contribution in [0.25, 0.3) is 0 Å². The highest BCUT2D eigenvalue weighted by molar-refractivity contribution is 5.94. The first-order chi connectivity index (χ1) is 18.9. The summed E-state index contributed by atoms with van der Waals surface area (Å²) in [5, 5.41) is 22.6. The summed E-state index contributed by atoms with van der Waals surface area (Å²) in [6, 6.07) is 15.0. The van der Waals surface area contributed by atoms with E-state index in [1.165, 1.54) is 5.56 Å². The van der Waals surface area contributed by atoms with Gasteiger partial charge in [0.25, 0.3) is 0 Å². The van der Waals surface area contributed by atoms with Gasteiger partial charge in [-0.15, -0.1) is 0 Å². The van der Waals surface area contributed by atoms with Gasteiger partial charge in [-0.2, -0.15) is 13.2 Å². The molecule has 1 fully saturated rings. The lowest BCUT2D eigenvalue weighted by Crippen LogP contribution is -2.52. The van der Waals surface area contributed by atoms with E-state index >= 15 is 0 Å². The van der Waals surface area contributed by atoms with Crippen molar-refractivity contribution in [2.24, 2.45) is 4.99 Å². The highest BCUT2D eigenvalue weighted by Crippen LogP contribution is 2.14. The summed E-state index contributed by atoms with van der Waals surface area (Å²) in [6.45, 7) is 8.78. The fourth-order valence-electron chi connectivity index (χ4n) is 3.54. The average Bonchev–Trinajstić information content (AvgIpc) is 2.91. The first-order valence-electron chi connectivity index (χ1n) is 12.6. The Bertz CT molecular complexity index is 1150. The van der Waals surface area contributed by atoms with Crippen molar-refractivity contribution < 1.29 is 37.8 Å². The second kappa shape index (κ2) is 15.5. The SMILES string of the molecule is CCCNC(=O)CN1CCN(C(=NCc2ccc(C)cc2)Nc2ccc(C(=O)O)cc2)CC1.O=C(O)C(F)(F)F. The van der Waals surface area contributed by atoms with Crippen LogP contribution in [-0.2, 0) is 16.1 Å². The summed E-state index contributed by atoms with van der Waals surface area (Å²) in [6.07, 6.45) is -4.15. The summed E-state index contributed by atoms with van der Waals surface area (Å²) < 4.78 is 31.7. The lowest BCUT2D eigenvalue weighted by atomic mass is 10.1. The number of halogens is 3. The Morgan fingerprint density at radius 1 is 0.950 bits per heavy atom. The number of carbonyl (C=O) groups excluding carboxylic acids is 1. The predicted octanol–water partition coefficient (Wildman–Crippen LogP) is 3.44. The fraction of sp³-hybridized carbons (Fsp3) is 0.407. The Hall–Kier alpha value is -4.13. The zero-order valence-corrected chi connectivity index (χ0v) is 22.4. The molecule has 0 radical (unpaired) electrons. The maximum atomic E-state index is 12.0. The molecular weight excluding hydrogens is 531 g/mol. The van der Waals surface area contributed by atoms with Crippen molar-refractivity contribution in [3.8, 4) is 0 Å². The van der Waals surface area contributed by atoms with Crippen molar-refractivity contribution in [2.75, 3.05) is 44.6 Å². The van der Waals surface area contributed by atoms with E-state index in [-0.39, 0.29) is 11.5 Å². The molecule has 0 bridgehead atoms. The van der Waals surface area contributed by atoms with Gasteiger partial charge in [-0.25, -0.2) is 14.6 Å². The molecule has 218 valence electrons. The van der Waals surface area contributed by atoms with E-state index in [9.17, 15) is 22.8 Å². The molecule has 0 unspecified atom stereocenters. The summed E-state index contributed by atoms with van der Waals surface area (Å²) in [5.74, 6) is -2.90. The van der Waals surface area contributed by atoms with E-state index in [4.69, 9.17) is 20.0 Å². The number of carbonyl (C=O) groups is 3. The molecule has 0 aromatic heterocycles. The van der Waals surface area contributed by atoms with Gasteiger partial charge in [-0.3, -0.25) is 9.69 Å². The molecule has 0 spiro atoms. The second-order valence-electron chi connectivity index (χ2n) is 9.05. The minimum atomic E-state index is -5.08. The standard InChI is InChI=1S/C25H33N5O3.C2HF3O2/c1-3-12-26-23(31)18-29-13-15-30(16-14-29)25(27-17-20-6-4-19(2)5-7-20)28-22-10-8-21(9-11-22)24(32)33;3-2(4,5)1(6)7/h4-11H,3,12-18H2,1-2H3,(H,26,31)(H,27,28)(H,32,33);(H,6,7). The van der Waals surface area contributed by atoms with Gasteiger partial charge in [0.05, 0.1) is 18.7 Å². The van der Waals surface area contributed by atoms with E-state index in [1.807, 2.05) is 6.92 Å². The third-order valence-corrected chi connectivity index (χ3v) is 5.77. The minimum absolute atomic E-state index is 0.0650. The Balaban J connectivity index is 0.000000708. The van der Waals surface area contributed by atoms with Crippen LogP contribution in [0.15, 0.2) is 53.5 Å². The van der Waals surface area contributed by atoms with Crippen LogP contribution >= 0.6 is 0 Å². The molecular formula is C27H34F3N5O5. The first kappa shape index (κ1) is 32.1. The summed E-state index contributed by atoms with van der Waals surface area (Å²) in [4.78, 5) is 41.3. The molecule has 13 heteroatoms. The number of aliphatic carboxylic acids is 1. The molecule has 2 aromatic rings. The number of guanidine groups is 1. The van der Waals surface area contributed by atoms with Gasteiger partial charge in [0, 0.05) is 38.4 Å². The zero-order valence-electron chi connectivity index (χ0n) is 22.4. The number of aryl methyl sites for hydroxylation is 1. The van der Waals surface area contributed by atoms with Gasteiger partial charge in [-0.1, -0.05) is 36.8 Å². The van der Waals surface area contributed by atoms with Crippen molar-refractivity contribution in [3.63, 3.8) is 0 Å². The fourth-order valence-corrected chi connectivity index (χ4v) is 3.54. The van der Waals surface area contributed by atoms with Gasteiger partial charge < -0.3 is 25.7 Å². The van der Waals surface area contributed by atoms with Gasteiger partial charge >= 0.3 is 18.1 Å². The molecule has 3 rings (SSSR count). The van der Waals surface area contributed by atoms with Crippen LogP contribution in [0.4, 0.5) is 18.9 Å². The van der Waals surface area contributed by atoms with E-state index < -0.39 is 18.1 Å². The number of anilines is 1. The van der Waals surface area contributed by atoms with Crippen LogP contribution < -0.4 is 10.6 Å². The van der Waals surface area contributed by atoms with Crippen LogP contribution in [-0.4, -0.2) is 89.3 Å². The highest BCUT2D eigenvalue weighted by atomic mass is 19.4. The Labute approximate surface area is 230 Å². The van der Waals surface area contributed by atoms with Crippen LogP contribution in [0.3, 0.4) is 0 Å². The number of carboxylic acids is 2. The second-order valence-corrected chi connectivity index (χ2v) is 9.05. The normalized spacial score (nSPS) is 14.1. The number of benzene rings is 2. The maximum Gasteiger partial charge on any atom is 0.490 e. The smallest absolute Gasteiger partial charge is 0.478 e. The van der Waals surface area contributed by atoms with Crippen molar-refractivity contribution >= 4 is 29.5 Å². The van der Waals surface area contributed by atoms with Crippen LogP contribution in [0.2, 0.25) is 0 Å². The van der Waals surface area contributed by atoms with Crippen molar-refractivity contribution in [1.29, 1.82) is 0 Å². The third kappa shape index (κ3) is 11.3. The van der Waals surface area contributed by atoms with E-state index in [2.05, 4.69) is 51.6 Å². The number of hydrogen-bond donors (Lipinski definition) is 4. The molecule has 4 N–H and O–H groups in total. The number of hydrogen-bond acceptors (Lipinski definition) is 5. The number of nitrogens with zero attached hydrogens (tertiary/aromatic N) is 3. The Morgan fingerprint density at radius 3 is 2.02 bits per heavy atom. The molecule has 1 saturated heterocycles. The monoisotopic (exact) mass is 565 g/mol. The topological polar surface area (TPSA) is 135 Å². The number of alkyl halides is 3. The van der Waals surface area contributed by atoms with Gasteiger partial charge in [0.2, 0.25) is 5.91 Å². The molecule has 1 amide bonds. The largest absolute Gasteiger partial charge is 0.490 e. The first-order valence-corrected chi connectivity index (χ1v) is 12.6.